The first-order valence-electron chi connectivity index (χ1n) is 9.23. The summed E-state index contributed by atoms with van der Waals surface area (Å²) in [5.41, 5.74) is 2.95. The molecule has 1 fully saturated rings. The molecule has 0 saturated carbocycles. The van der Waals surface area contributed by atoms with E-state index in [1.165, 1.54) is 12.0 Å². The van der Waals surface area contributed by atoms with Crippen LogP contribution >= 0.6 is 0 Å². The Kier molecular flexibility index (Phi) is 4.34. The van der Waals surface area contributed by atoms with Gasteiger partial charge in [-0.2, -0.15) is 4.98 Å². The standard InChI is InChI=1S/C20H25N3O3/c1-13-5-4-7-22(12-13)19-11-16-15-10-18(26-3)17(25-2)9-14(15)6-8-23(16)20(24)21-19/h9-11,13H,4-8,12H2,1-3H3/t13-/m1/s1. The minimum Gasteiger partial charge on any atom is -0.493 e. The Hall–Kier alpha value is -2.50. The number of anilines is 1. The molecule has 0 unspecified atom stereocenters. The molecule has 2 aliphatic rings. The highest BCUT2D eigenvalue weighted by Gasteiger charge is 2.24. The van der Waals surface area contributed by atoms with Gasteiger partial charge in [0.2, 0.25) is 0 Å². The highest BCUT2D eigenvalue weighted by Crippen LogP contribution is 2.38. The van der Waals surface area contributed by atoms with Crippen LogP contribution in [0.2, 0.25) is 0 Å². The van der Waals surface area contributed by atoms with Crippen molar-refractivity contribution in [1.82, 2.24) is 9.55 Å². The zero-order valence-electron chi connectivity index (χ0n) is 15.6. The van der Waals surface area contributed by atoms with E-state index in [0.29, 0.717) is 18.2 Å². The summed E-state index contributed by atoms with van der Waals surface area (Å²) in [6, 6.07) is 6.05. The minimum atomic E-state index is -0.170. The van der Waals surface area contributed by atoms with E-state index < -0.39 is 0 Å². The van der Waals surface area contributed by atoms with Crippen molar-refractivity contribution >= 4 is 5.82 Å². The predicted octanol–water partition coefficient (Wildman–Crippen LogP) is 2.72. The molecule has 2 aliphatic heterocycles. The van der Waals surface area contributed by atoms with E-state index in [1.54, 1.807) is 18.8 Å². The molecule has 6 heteroatoms. The maximum atomic E-state index is 12.7. The van der Waals surface area contributed by atoms with Gasteiger partial charge in [0.1, 0.15) is 5.82 Å². The van der Waals surface area contributed by atoms with Crippen molar-refractivity contribution < 1.29 is 9.47 Å². The number of piperidine rings is 1. The molecular formula is C20H25N3O3. The van der Waals surface area contributed by atoms with Gasteiger partial charge in [-0.3, -0.25) is 4.57 Å². The van der Waals surface area contributed by atoms with Crippen LogP contribution in [-0.4, -0.2) is 36.9 Å². The number of hydrogen-bond acceptors (Lipinski definition) is 5. The van der Waals surface area contributed by atoms with Gasteiger partial charge in [-0.1, -0.05) is 6.92 Å². The number of methoxy groups -OCH3 is 2. The van der Waals surface area contributed by atoms with E-state index >= 15 is 0 Å². The molecular weight excluding hydrogens is 330 g/mol. The Balaban J connectivity index is 1.83. The first-order chi connectivity index (χ1) is 12.6. The predicted molar refractivity (Wildman–Crippen MR) is 101 cm³/mol. The normalized spacial score (nSPS) is 18.9. The SMILES string of the molecule is COc1cc2c(cc1OC)-c1cc(N3CCC[C@@H](C)C3)nc(=O)n1CC2. The molecule has 4 rings (SSSR count). The molecule has 0 spiro atoms. The topological polar surface area (TPSA) is 56.6 Å². The molecule has 1 saturated heterocycles. The number of rotatable bonds is 3. The summed E-state index contributed by atoms with van der Waals surface area (Å²) in [6.07, 6.45) is 3.16. The van der Waals surface area contributed by atoms with Crippen molar-refractivity contribution in [2.45, 2.75) is 32.7 Å². The van der Waals surface area contributed by atoms with Gasteiger partial charge in [-0.25, -0.2) is 4.79 Å². The van der Waals surface area contributed by atoms with E-state index in [4.69, 9.17) is 9.47 Å². The quantitative estimate of drug-likeness (QED) is 0.847. The van der Waals surface area contributed by atoms with Crippen LogP contribution in [-0.2, 0) is 13.0 Å². The molecule has 1 atom stereocenters. The van der Waals surface area contributed by atoms with Crippen molar-refractivity contribution in [3.05, 3.63) is 34.2 Å². The van der Waals surface area contributed by atoms with E-state index in [9.17, 15) is 4.79 Å². The van der Waals surface area contributed by atoms with Crippen LogP contribution in [0.5, 0.6) is 11.5 Å². The average molecular weight is 355 g/mol. The second-order valence-corrected chi connectivity index (χ2v) is 7.24. The lowest BCUT2D eigenvalue weighted by Gasteiger charge is -2.32. The molecule has 0 aliphatic carbocycles. The molecule has 1 aromatic heterocycles. The molecule has 0 amide bonds. The van der Waals surface area contributed by atoms with Gasteiger partial charge in [0.25, 0.3) is 0 Å². The number of ether oxygens (including phenoxy) is 2. The van der Waals surface area contributed by atoms with Crippen LogP contribution in [0.25, 0.3) is 11.3 Å². The van der Waals surface area contributed by atoms with Crippen LogP contribution in [0.4, 0.5) is 5.82 Å². The Morgan fingerprint density at radius 2 is 1.88 bits per heavy atom. The lowest BCUT2D eigenvalue weighted by Crippen LogP contribution is -2.37. The largest absolute Gasteiger partial charge is 0.493 e. The molecule has 1 aromatic carbocycles. The maximum absolute atomic E-state index is 12.7. The van der Waals surface area contributed by atoms with Crippen LogP contribution < -0.4 is 20.1 Å². The first kappa shape index (κ1) is 16.9. The average Bonchev–Trinajstić information content (AvgIpc) is 2.66. The molecule has 2 aromatic rings. The fourth-order valence-corrected chi connectivity index (χ4v) is 4.09. The third-order valence-corrected chi connectivity index (χ3v) is 5.47. The second-order valence-electron chi connectivity index (χ2n) is 7.24. The zero-order chi connectivity index (χ0) is 18.3. The molecule has 0 bridgehead atoms. The number of nitrogens with zero attached hydrogens (tertiary/aromatic N) is 3. The van der Waals surface area contributed by atoms with Gasteiger partial charge in [-0.05, 0) is 42.9 Å². The van der Waals surface area contributed by atoms with E-state index in [-0.39, 0.29) is 5.69 Å². The third kappa shape index (κ3) is 2.83. The summed E-state index contributed by atoms with van der Waals surface area (Å²) in [6.45, 7) is 4.80. The molecule has 6 nitrogen and oxygen atoms in total. The summed E-state index contributed by atoms with van der Waals surface area (Å²) in [5.74, 6) is 2.81. The van der Waals surface area contributed by atoms with Crippen LogP contribution in [0.1, 0.15) is 25.3 Å². The fourth-order valence-electron chi connectivity index (χ4n) is 4.09. The zero-order valence-corrected chi connectivity index (χ0v) is 15.6. The number of hydrogen-bond donors (Lipinski definition) is 0. The Morgan fingerprint density at radius 3 is 2.62 bits per heavy atom. The lowest BCUT2D eigenvalue weighted by molar-refractivity contribution is 0.354. The van der Waals surface area contributed by atoms with Crippen LogP contribution in [0, 0.1) is 5.92 Å². The Labute approximate surface area is 153 Å². The molecule has 3 heterocycles. The molecule has 0 N–H and O–H groups in total. The van der Waals surface area contributed by atoms with Gasteiger partial charge < -0.3 is 14.4 Å². The number of fused-ring (bicyclic) bond motifs is 3. The van der Waals surface area contributed by atoms with Gasteiger partial charge in [0.05, 0.1) is 19.9 Å². The van der Waals surface area contributed by atoms with Crippen molar-refractivity contribution in [3.63, 3.8) is 0 Å². The number of aromatic nitrogens is 2. The molecule has 0 radical (unpaired) electrons. The minimum absolute atomic E-state index is 0.170. The Bertz CT molecular complexity index is 891. The monoisotopic (exact) mass is 355 g/mol. The van der Waals surface area contributed by atoms with Crippen LogP contribution in [0.3, 0.4) is 0 Å². The molecule has 26 heavy (non-hydrogen) atoms. The smallest absolute Gasteiger partial charge is 0.350 e. The summed E-state index contributed by atoms with van der Waals surface area (Å²) in [5, 5.41) is 0. The Morgan fingerprint density at radius 1 is 1.12 bits per heavy atom. The highest BCUT2D eigenvalue weighted by molar-refractivity contribution is 5.72. The highest BCUT2D eigenvalue weighted by atomic mass is 16.5. The van der Waals surface area contributed by atoms with Gasteiger partial charge in [0, 0.05) is 31.3 Å². The van der Waals surface area contributed by atoms with Gasteiger partial charge in [0.15, 0.2) is 11.5 Å². The van der Waals surface area contributed by atoms with Crippen molar-refractivity contribution in [2.24, 2.45) is 5.92 Å². The van der Waals surface area contributed by atoms with Crippen LogP contribution in [0.15, 0.2) is 23.0 Å². The lowest BCUT2D eigenvalue weighted by atomic mass is 9.96. The van der Waals surface area contributed by atoms with Gasteiger partial charge >= 0.3 is 5.69 Å². The van der Waals surface area contributed by atoms with Crippen molar-refractivity contribution in [3.8, 4) is 22.8 Å². The summed E-state index contributed by atoms with van der Waals surface area (Å²) in [4.78, 5) is 19.3. The van der Waals surface area contributed by atoms with Crippen molar-refractivity contribution in [2.75, 3.05) is 32.2 Å². The molecule has 138 valence electrons. The second kappa shape index (κ2) is 6.67. The first-order valence-corrected chi connectivity index (χ1v) is 9.23. The summed E-state index contributed by atoms with van der Waals surface area (Å²) >= 11 is 0. The number of aryl methyl sites for hydroxylation is 1. The summed E-state index contributed by atoms with van der Waals surface area (Å²) in [7, 11) is 3.28. The van der Waals surface area contributed by atoms with E-state index in [1.807, 2.05) is 12.1 Å². The van der Waals surface area contributed by atoms with Crippen molar-refractivity contribution in [1.29, 1.82) is 0 Å². The maximum Gasteiger partial charge on any atom is 0.350 e. The van der Waals surface area contributed by atoms with E-state index in [0.717, 1.165) is 48.8 Å². The summed E-state index contributed by atoms with van der Waals surface area (Å²) < 4.78 is 12.7. The fraction of sp³-hybridized carbons (Fsp3) is 0.500. The third-order valence-electron chi connectivity index (χ3n) is 5.47. The van der Waals surface area contributed by atoms with Gasteiger partial charge in [-0.15, -0.1) is 0 Å². The van der Waals surface area contributed by atoms with E-state index in [2.05, 4.69) is 22.9 Å². The number of benzene rings is 1.